The van der Waals surface area contributed by atoms with Crippen molar-refractivity contribution in [3.63, 3.8) is 0 Å². The van der Waals surface area contributed by atoms with Crippen LogP contribution in [0.25, 0.3) is 22.7 Å². The maximum absolute atomic E-state index is 12.2. The lowest BCUT2D eigenvalue weighted by atomic mass is 10.1. The second-order valence-electron chi connectivity index (χ2n) is 6.51. The number of tetrazole rings is 1. The molecule has 8 heteroatoms. The molecule has 0 radical (unpaired) electrons. The summed E-state index contributed by atoms with van der Waals surface area (Å²) >= 11 is 5.90. The molecule has 1 amide bonds. The van der Waals surface area contributed by atoms with Crippen LogP contribution in [0, 0.1) is 6.92 Å². The number of halogens is 1. The normalized spacial score (nSPS) is 10.8. The number of nitrogens with one attached hydrogen (secondary N) is 1. The second-order valence-corrected chi connectivity index (χ2v) is 6.94. The summed E-state index contributed by atoms with van der Waals surface area (Å²) in [5, 5.41) is 15.7. The fourth-order valence-electron chi connectivity index (χ4n) is 2.85. The Morgan fingerprint density at radius 1 is 1.10 bits per heavy atom. The van der Waals surface area contributed by atoms with Crippen LogP contribution in [-0.4, -0.2) is 26.1 Å². The van der Waals surface area contributed by atoms with Gasteiger partial charge in [0.05, 0.1) is 6.54 Å². The van der Waals surface area contributed by atoms with E-state index in [9.17, 15) is 4.79 Å². The molecule has 0 atom stereocenters. The number of furan rings is 1. The highest BCUT2D eigenvalue weighted by Gasteiger charge is 2.11. The molecule has 0 aliphatic rings. The van der Waals surface area contributed by atoms with Crippen molar-refractivity contribution >= 4 is 17.5 Å². The molecule has 0 bridgehead atoms. The first-order valence-electron chi connectivity index (χ1n) is 9.03. The first-order valence-corrected chi connectivity index (χ1v) is 9.41. The van der Waals surface area contributed by atoms with E-state index in [2.05, 4.69) is 20.7 Å². The van der Waals surface area contributed by atoms with Gasteiger partial charge in [0.1, 0.15) is 18.1 Å². The number of hydrogen-bond donors (Lipinski definition) is 1. The molecule has 2 aromatic carbocycles. The molecule has 7 nitrogen and oxygen atoms in total. The first kappa shape index (κ1) is 18.9. The van der Waals surface area contributed by atoms with Gasteiger partial charge in [-0.05, 0) is 54.1 Å². The van der Waals surface area contributed by atoms with E-state index in [4.69, 9.17) is 16.0 Å². The van der Waals surface area contributed by atoms with Crippen LogP contribution >= 0.6 is 11.6 Å². The predicted molar refractivity (Wildman–Crippen MR) is 109 cm³/mol. The van der Waals surface area contributed by atoms with Gasteiger partial charge in [0.25, 0.3) is 0 Å². The van der Waals surface area contributed by atoms with Crippen LogP contribution in [0.2, 0.25) is 5.02 Å². The Labute approximate surface area is 172 Å². The number of benzene rings is 2. The minimum Gasteiger partial charge on any atom is -0.459 e. The molecule has 0 aliphatic heterocycles. The molecule has 0 spiro atoms. The summed E-state index contributed by atoms with van der Waals surface area (Å²) in [5.41, 5.74) is 2.86. The van der Waals surface area contributed by atoms with Crippen molar-refractivity contribution in [1.82, 2.24) is 25.5 Å². The lowest BCUT2D eigenvalue weighted by molar-refractivity contribution is -0.122. The lowest BCUT2D eigenvalue weighted by Gasteiger charge is -2.03. The third-order valence-electron chi connectivity index (χ3n) is 4.37. The predicted octanol–water partition coefficient (Wildman–Crippen LogP) is 3.88. The summed E-state index contributed by atoms with van der Waals surface area (Å²) in [6.45, 7) is 2.22. The molecule has 0 fully saturated rings. The lowest BCUT2D eigenvalue weighted by Crippen LogP contribution is -2.27. The van der Waals surface area contributed by atoms with Crippen LogP contribution in [0.3, 0.4) is 0 Å². The van der Waals surface area contributed by atoms with Crippen molar-refractivity contribution in [1.29, 1.82) is 0 Å². The van der Waals surface area contributed by atoms with Gasteiger partial charge in [-0.2, -0.15) is 4.80 Å². The van der Waals surface area contributed by atoms with Crippen LogP contribution in [0.4, 0.5) is 0 Å². The van der Waals surface area contributed by atoms with Crippen LogP contribution < -0.4 is 5.32 Å². The van der Waals surface area contributed by atoms with E-state index in [1.165, 1.54) is 4.80 Å². The van der Waals surface area contributed by atoms with Gasteiger partial charge in [0, 0.05) is 16.1 Å². The molecule has 29 heavy (non-hydrogen) atoms. The van der Waals surface area contributed by atoms with E-state index < -0.39 is 0 Å². The Morgan fingerprint density at radius 3 is 2.69 bits per heavy atom. The van der Waals surface area contributed by atoms with E-state index in [-0.39, 0.29) is 19.0 Å². The van der Waals surface area contributed by atoms with E-state index >= 15 is 0 Å². The summed E-state index contributed by atoms with van der Waals surface area (Å²) in [4.78, 5) is 13.5. The van der Waals surface area contributed by atoms with Crippen molar-refractivity contribution < 1.29 is 9.21 Å². The zero-order valence-corrected chi connectivity index (χ0v) is 16.4. The largest absolute Gasteiger partial charge is 0.459 e. The summed E-state index contributed by atoms with van der Waals surface area (Å²) in [6, 6.07) is 18.8. The number of carbonyl (C=O) groups is 1. The molecular weight excluding hydrogens is 390 g/mol. The Hall–Kier alpha value is -3.45. The van der Waals surface area contributed by atoms with Crippen molar-refractivity contribution in [2.45, 2.75) is 20.0 Å². The fourth-order valence-corrected chi connectivity index (χ4v) is 2.98. The maximum Gasteiger partial charge on any atom is 0.244 e. The van der Waals surface area contributed by atoms with E-state index in [1.807, 2.05) is 55.5 Å². The number of nitrogens with zero attached hydrogens (tertiary/aromatic N) is 4. The number of hydrogen-bond acceptors (Lipinski definition) is 5. The average Bonchev–Trinajstić information content (AvgIpc) is 3.37. The Bertz CT molecular complexity index is 1130. The first-order chi connectivity index (χ1) is 14.1. The minimum atomic E-state index is -0.233. The van der Waals surface area contributed by atoms with E-state index in [1.54, 1.807) is 12.1 Å². The number of carbonyl (C=O) groups excluding carboxylic acids is 1. The molecule has 2 heterocycles. The molecule has 2 aromatic heterocycles. The standard InChI is InChI=1S/C21H18ClN5O2/c1-14-4-2-3-5-18(14)21-24-26-27(25-21)13-20(28)23-12-17-10-11-19(29-17)15-6-8-16(22)9-7-15/h2-11H,12-13H2,1H3,(H,23,28). The third-order valence-corrected chi connectivity index (χ3v) is 4.63. The molecule has 0 saturated heterocycles. The molecular formula is C21H18ClN5O2. The van der Waals surface area contributed by atoms with Gasteiger partial charge < -0.3 is 9.73 Å². The third kappa shape index (κ3) is 4.52. The number of rotatable bonds is 6. The molecule has 4 rings (SSSR count). The Kier molecular flexibility index (Phi) is 5.39. The van der Waals surface area contributed by atoms with Crippen LogP contribution in [-0.2, 0) is 17.9 Å². The van der Waals surface area contributed by atoms with Gasteiger partial charge in [-0.25, -0.2) is 0 Å². The average molecular weight is 408 g/mol. The van der Waals surface area contributed by atoms with Crippen molar-refractivity contribution in [2.75, 3.05) is 0 Å². The quantitative estimate of drug-likeness (QED) is 0.524. The van der Waals surface area contributed by atoms with Crippen molar-refractivity contribution in [2.24, 2.45) is 0 Å². The van der Waals surface area contributed by atoms with Crippen molar-refractivity contribution in [3.8, 4) is 22.7 Å². The molecule has 1 N–H and O–H groups in total. The van der Waals surface area contributed by atoms with Gasteiger partial charge in [0.15, 0.2) is 0 Å². The van der Waals surface area contributed by atoms with Crippen LogP contribution in [0.5, 0.6) is 0 Å². The smallest absolute Gasteiger partial charge is 0.244 e. The minimum absolute atomic E-state index is 0.0242. The number of aromatic nitrogens is 4. The molecule has 4 aromatic rings. The highest BCUT2D eigenvalue weighted by Crippen LogP contribution is 2.23. The Balaban J connectivity index is 1.34. The van der Waals surface area contributed by atoms with Gasteiger partial charge in [-0.1, -0.05) is 35.9 Å². The molecule has 0 saturated carbocycles. The topological polar surface area (TPSA) is 85.8 Å². The van der Waals surface area contributed by atoms with E-state index in [0.717, 1.165) is 16.7 Å². The van der Waals surface area contributed by atoms with Gasteiger partial charge in [-0.3, -0.25) is 4.79 Å². The number of aryl methyl sites for hydroxylation is 1. The SMILES string of the molecule is Cc1ccccc1-c1nnn(CC(=O)NCc2ccc(-c3ccc(Cl)cc3)o2)n1. The second kappa shape index (κ2) is 8.28. The summed E-state index contributed by atoms with van der Waals surface area (Å²) in [5.74, 6) is 1.62. The van der Waals surface area contributed by atoms with Gasteiger partial charge >= 0.3 is 0 Å². The van der Waals surface area contributed by atoms with Crippen molar-refractivity contribution in [3.05, 3.63) is 77.0 Å². The van der Waals surface area contributed by atoms with Crippen LogP contribution in [0.15, 0.2) is 65.1 Å². The molecule has 0 aliphatic carbocycles. The highest BCUT2D eigenvalue weighted by molar-refractivity contribution is 6.30. The zero-order chi connectivity index (χ0) is 20.2. The van der Waals surface area contributed by atoms with Crippen LogP contribution in [0.1, 0.15) is 11.3 Å². The van der Waals surface area contributed by atoms with E-state index in [0.29, 0.717) is 22.4 Å². The number of amides is 1. The summed E-state index contributed by atoms with van der Waals surface area (Å²) in [7, 11) is 0. The zero-order valence-electron chi connectivity index (χ0n) is 15.7. The fraction of sp³-hybridized carbons (Fsp3) is 0.143. The summed E-state index contributed by atoms with van der Waals surface area (Å²) in [6.07, 6.45) is 0. The molecule has 146 valence electrons. The van der Waals surface area contributed by atoms with Gasteiger partial charge in [-0.15, -0.1) is 10.2 Å². The Morgan fingerprint density at radius 2 is 1.90 bits per heavy atom. The molecule has 0 unspecified atom stereocenters. The summed E-state index contributed by atoms with van der Waals surface area (Å²) < 4.78 is 5.78. The maximum atomic E-state index is 12.2. The highest BCUT2D eigenvalue weighted by atomic mass is 35.5. The monoisotopic (exact) mass is 407 g/mol. The van der Waals surface area contributed by atoms with Gasteiger partial charge in [0.2, 0.25) is 11.7 Å².